The molecule has 2 aliphatic rings. The van der Waals surface area contributed by atoms with Crippen LogP contribution in [0.5, 0.6) is 0 Å². The summed E-state index contributed by atoms with van der Waals surface area (Å²) in [6.45, 7) is 2.09. The molecule has 1 heterocycles. The lowest BCUT2D eigenvalue weighted by Crippen LogP contribution is -2.16. The van der Waals surface area contributed by atoms with Gasteiger partial charge in [-0.25, -0.2) is 4.99 Å². The van der Waals surface area contributed by atoms with Gasteiger partial charge in [0.1, 0.15) is 5.84 Å². The number of amidine groups is 2. The average Bonchev–Trinajstić information content (AvgIpc) is 3.32. The highest BCUT2D eigenvalue weighted by Gasteiger charge is 2.18. The lowest BCUT2D eigenvalue weighted by Gasteiger charge is -2.14. The minimum Gasteiger partial charge on any atom is -0.383 e. The quantitative estimate of drug-likeness (QED) is 0.153. The van der Waals surface area contributed by atoms with Crippen molar-refractivity contribution >= 4 is 29.6 Å². The Kier molecular flexibility index (Phi) is 8.57. The van der Waals surface area contributed by atoms with E-state index in [2.05, 4.69) is 85.8 Å². The number of benzene rings is 5. The first-order valence-corrected chi connectivity index (χ1v) is 16.4. The highest BCUT2D eigenvalue weighted by atomic mass is 32.2. The summed E-state index contributed by atoms with van der Waals surface area (Å²) in [7, 11) is 0. The van der Waals surface area contributed by atoms with E-state index in [1.807, 2.05) is 78.6 Å². The highest BCUT2D eigenvalue weighted by Crippen LogP contribution is 2.41. The Morgan fingerprint density at radius 2 is 1.48 bits per heavy atom. The van der Waals surface area contributed by atoms with Crippen LogP contribution in [0.4, 0.5) is 0 Å². The van der Waals surface area contributed by atoms with Crippen molar-refractivity contribution in [3.8, 4) is 22.3 Å². The summed E-state index contributed by atoms with van der Waals surface area (Å²) in [6, 6.07) is 43.7. The average molecular weight is 615 g/mol. The molecule has 0 saturated heterocycles. The van der Waals surface area contributed by atoms with E-state index in [0.717, 1.165) is 40.8 Å². The van der Waals surface area contributed by atoms with Gasteiger partial charge in [-0.3, -0.25) is 9.98 Å². The highest BCUT2D eigenvalue weighted by molar-refractivity contribution is 8.03. The Hall–Kier alpha value is -5.26. The largest absolute Gasteiger partial charge is 0.383 e. The second kappa shape index (κ2) is 13.4. The molecule has 0 radical (unpaired) electrons. The minimum atomic E-state index is -0.117. The molecule has 5 aromatic rings. The van der Waals surface area contributed by atoms with Crippen LogP contribution in [0.15, 0.2) is 170 Å². The number of hydrogen-bond donors (Lipinski definition) is 1. The third-order valence-corrected chi connectivity index (χ3v) is 9.51. The molecular weight excluding hydrogens is 581 g/mol. The second-order valence-electron chi connectivity index (χ2n) is 11.4. The lowest BCUT2D eigenvalue weighted by molar-refractivity contribution is 0.818. The van der Waals surface area contributed by atoms with Crippen LogP contribution in [0.3, 0.4) is 0 Å². The van der Waals surface area contributed by atoms with Crippen LogP contribution in [-0.2, 0) is 0 Å². The van der Waals surface area contributed by atoms with Crippen LogP contribution in [-0.4, -0.2) is 17.9 Å². The maximum Gasteiger partial charge on any atom is 0.157 e. The molecule has 1 atom stereocenters. The molecule has 1 aliphatic carbocycles. The number of nitrogens with two attached hydrogens (primary N) is 1. The summed E-state index contributed by atoms with van der Waals surface area (Å²) in [4.78, 5) is 17.3. The molecule has 4 nitrogen and oxygen atoms in total. The molecule has 0 amide bonds. The van der Waals surface area contributed by atoms with Gasteiger partial charge in [0.25, 0.3) is 0 Å². The Labute approximate surface area is 274 Å². The van der Waals surface area contributed by atoms with Crippen molar-refractivity contribution in [2.24, 2.45) is 20.7 Å². The SMILES string of the molecule is CC(N=C(N=C(N)c1ccccc1)c1ccccc1)c1ccc(-c2cccc(-c3cccc4c3C=NC3=C(CCC=C3)S4)c2)cc1. The zero-order valence-corrected chi connectivity index (χ0v) is 26.5. The van der Waals surface area contributed by atoms with E-state index in [-0.39, 0.29) is 6.04 Å². The lowest BCUT2D eigenvalue weighted by atomic mass is 9.95. The van der Waals surface area contributed by atoms with Gasteiger partial charge in [0.15, 0.2) is 5.84 Å². The predicted octanol–water partition coefficient (Wildman–Crippen LogP) is 10.0. The maximum atomic E-state index is 6.41. The summed E-state index contributed by atoms with van der Waals surface area (Å²) in [6.07, 6.45) is 8.54. The van der Waals surface area contributed by atoms with Crippen molar-refractivity contribution in [3.05, 3.63) is 172 Å². The molecule has 1 aliphatic heterocycles. The molecule has 0 saturated carbocycles. The van der Waals surface area contributed by atoms with Gasteiger partial charge in [-0.1, -0.05) is 133 Å². The molecule has 0 spiro atoms. The zero-order chi connectivity index (χ0) is 31.3. The fourth-order valence-corrected chi connectivity index (χ4v) is 6.88. The van der Waals surface area contributed by atoms with E-state index >= 15 is 0 Å². The third-order valence-electron chi connectivity index (χ3n) is 8.28. The third kappa shape index (κ3) is 6.42. The fourth-order valence-electron chi connectivity index (χ4n) is 5.75. The summed E-state index contributed by atoms with van der Waals surface area (Å²) < 4.78 is 0. The molecule has 46 heavy (non-hydrogen) atoms. The topological polar surface area (TPSA) is 63.1 Å². The van der Waals surface area contributed by atoms with Crippen LogP contribution in [0.1, 0.15) is 48.1 Å². The number of aliphatic imine (C=N–C) groups is 3. The summed E-state index contributed by atoms with van der Waals surface area (Å²) in [5.74, 6) is 1.06. The van der Waals surface area contributed by atoms with Gasteiger partial charge in [0, 0.05) is 32.7 Å². The number of rotatable bonds is 6. The number of fused-ring (bicyclic) bond motifs is 1. The standard InChI is InChI=1S/C41H34N4S/c1-28(44-41(32-14-6-3-7-15-32)45-40(42)31-12-4-2-5-13-31)29-22-24-30(25-23-29)33-16-10-17-34(26-33)35-18-11-21-38-36(35)27-43-37-19-8-9-20-39(37)46-38/h2-8,10-19,21-28H,9,20H2,1H3,(H2,42,44,45). The van der Waals surface area contributed by atoms with Gasteiger partial charge in [0.2, 0.25) is 0 Å². The van der Waals surface area contributed by atoms with Crippen molar-refractivity contribution in [2.75, 3.05) is 0 Å². The van der Waals surface area contributed by atoms with E-state index in [0.29, 0.717) is 11.7 Å². The zero-order valence-electron chi connectivity index (χ0n) is 25.7. The van der Waals surface area contributed by atoms with Crippen LogP contribution < -0.4 is 5.73 Å². The Morgan fingerprint density at radius 1 is 0.761 bits per heavy atom. The first kappa shape index (κ1) is 29.5. The molecule has 5 heteroatoms. The monoisotopic (exact) mass is 614 g/mol. The molecule has 2 N–H and O–H groups in total. The Balaban J connectivity index is 1.16. The number of thioether (sulfide) groups is 1. The Morgan fingerprint density at radius 3 is 2.26 bits per heavy atom. The number of allylic oxidation sites excluding steroid dienone is 3. The molecule has 5 aromatic carbocycles. The first-order chi connectivity index (χ1) is 22.6. The second-order valence-corrected chi connectivity index (χ2v) is 12.5. The van der Waals surface area contributed by atoms with Gasteiger partial charge in [-0.2, -0.15) is 0 Å². The van der Waals surface area contributed by atoms with Crippen molar-refractivity contribution < 1.29 is 0 Å². The van der Waals surface area contributed by atoms with E-state index in [1.54, 1.807) is 0 Å². The maximum absolute atomic E-state index is 6.41. The van der Waals surface area contributed by atoms with E-state index in [1.165, 1.54) is 32.1 Å². The molecule has 1 unspecified atom stereocenters. The van der Waals surface area contributed by atoms with Gasteiger partial charge in [-0.05, 0) is 65.8 Å². The van der Waals surface area contributed by atoms with Crippen LogP contribution in [0, 0.1) is 0 Å². The molecular formula is C41H34N4S. The fraction of sp³-hybridized carbons (Fsp3) is 0.0976. The summed E-state index contributed by atoms with van der Waals surface area (Å²) >= 11 is 1.86. The Bertz CT molecular complexity index is 2020. The van der Waals surface area contributed by atoms with Gasteiger partial charge < -0.3 is 5.73 Å². The summed E-state index contributed by atoms with van der Waals surface area (Å²) in [5, 5.41) is 0. The van der Waals surface area contributed by atoms with E-state index in [4.69, 9.17) is 20.7 Å². The van der Waals surface area contributed by atoms with Gasteiger partial charge in [0.05, 0.1) is 11.7 Å². The van der Waals surface area contributed by atoms with Crippen molar-refractivity contribution in [1.82, 2.24) is 0 Å². The van der Waals surface area contributed by atoms with Crippen LogP contribution in [0.25, 0.3) is 22.3 Å². The number of hydrogen-bond acceptors (Lipinski definition) is 3. The minimum absolute atomic E-state index is 0.117. The normalized spacial score (nSPS) is 15.2. The number of nitrogens with zero attached hydrogens (tertiary/aromatic N) is 3. The van der Waals surface area contributed by atoms with Crippen molar-refractivity contribution in [3.63, 3.8) is 0 Å². The molecule has 7 rings (SSSR count). The van der Waals surface area contributed by atoms with Crippen LogP contribution >= 0.6 is 11.8 Å². The smallest absolute Gasteiger partial charge is 0.157 e. The van der Waals surface area contributed by atoms with Gasteiger partial charge >= 0.3 is 0 Å². The van der Waals surface area contributed by atoms with Crippen molar-refractivity contribution in [1.29, 1.82) is 0 Å². The van der Waals surface area contributed by atoms with E-state index in [9.17, 15) is 0 Å². The molecule has 0 bridgehead atoms. The van der Waals surface area contributed by atoms with E-state index < -0.39 is 0 Å². The van der Waals surface area contributed by atoms with Crippen molar-refractivity contribution in [2.45, 2.75) is 30.7 Å². The molecule has 0 fully saturated rings. The first-order valence-electron chi connectivity index (χ1n) is 15.6. The molecule has 0 aromatic heterocycles. The van der Waals surface area contributed by atoms with Gasteiger partial charge in [-0.15, -0.1) is 0 Å². The summed E-state index contributed by atoms with van der Waals surface area (Å²) in [5.41, 5.74) is 16.3. The van der Waals surface area contributed by atoms with Crippen LogP contribution in [0.2, 0.25) is 0 Å². The predicted molar refractivity (Wildman–Crippen MR) is 195 cm³/mol. The molecule has 224 valence electrons.